The van der Waals surface area contributed by atoms with Gasteiger partial charge < -0.3 is 9.84 Å². The molecule has 1 fully saturated rings. The van der Waals surface area contributed by atoms with Crippen molar-refractivity contribution in [1.82, 2.24) is 14.8 Å². The van der Waals surface area contributed by atoms with Crippen LogP contribution in [0.4, 0.5) is 0 Å². The fourth-order valence-corrected chi connectivity index (χ4v) is 3.70. The summed E-state index contributed by atoms with van der Waals surface area (Å²) in [7, 11) is -3.33. The SMILES string of the molecule is Cl.O=S(=O)(Cc1noc2ccccc12)N1CCNCC1. The van der Waals surface area contributed by atoms with Gasteiger partial charge in [-0.05, 0) is 12.1 Å². The molecular weight excluding hydrogens is 302 g/mol. The third kappa shape index (κ3) is 2.95. The maximum atomic E-state index is 12.3. The van der Waals surface area contributed by atoms with E-state index in [0.717, 1.165) is 5.39 Å². The Labute approximate surface area is 123 Å². The smallest absolute Gasteiger partial charge is 0.220 e. The zero-order chi connectivity index (χ0) is 13.3. The van der Waals surface area contributed by atoms with Crippen LogP contribution in [0.15, 0.2) is 28.8 Å². The molecule has 0 radical (unpaired) electrons. The van der Waals surface area contributed by atoms with Crippen molar-refractivity contribution in [1.29, 1.82) is 0 Å². The number of hydrogen-bond donors (Lipinski definition) is 1. The maximum absolute atomic E-state index is 12.3. The lowest BCUT2D eigenvalue weighted by molar-refractivity contribution is 0.359. The first-order chi connectivity index (χ1) is 9.17. The van der Waals surface area contributed by atoms with E-state index >= 15 is 0 Å². The van der Waals surface area contributed by atoms with Crippen molar-refractivity contribution in [3.05, 3.63) is 30.0 Å². The molecule has 0 bridgehead atoms. The number of para-hydroxylation sites is 1. The first-order valence-corrected chi connectivity index (χ1v) is 7.79. The predicted molar refractivity (Wildman–Crippen MR) is 78.3 cm³/mol. The van der Waals surface area contributed by atoms with Crippen LogP contribution < -0.4 is 5.32 Å². The molecule has 1 aromatic heterocycles. The maximum Gasteiger partial charge on any atom is 0.220 e. The number of halogens is 1. The second-order valence-electron chi connectivity index (χ2n) is 4.53. The minimum absolute atomic E-state index is 0. The van der Waals surface area contributed by atoms with Crippen molar-refractivity contribution >= 4 is 33.4 Å². The van der Waals surface area contributed by atoms with E-state index in [1.165, 1.54) is 4.31 Å². The Morgan fingerprint density at radius 1 is 1.25 bits per heavy atom. The third-order valence-corrected chi connectivity index (χ3v) is 5.03. The van der Waals surface area contributed by atoms with Gasteiger partial charge in [0, 0.05) is 31.6 Å². The van der Waals surface area contributed by atoms with Gasteiger partial charge in [-0.15, -0.1) is 12.4 Å². The van der Waals surface area contributed by atoms with Crippen molar-refractivity contribution in [2.24, 2.45) is 0 Å². The van der Waals surface area contributed by atoms with Crippen LogP contribution in [0.2, 0.25) is 0 Å². The van der Waals surface area contributed by atoms with Gasteiger partial charge in [0.05, 0.1) is 0 Å². The van der Waals surface area contributed by atoms with Gasteiger partial charge in [-0.25, -0.2) is 8.42 Å². The largest absolute Gasteiger partial charge is 0.356 e. The van der Waals surface area contributed by atoms with Crippen molar-refractivity contribution in [3.63, 3.8) is 0 Å². The highest BCUT2D eigenvalue weighted by molar-refractivity contribution is 7.88. The number of benzene rings is 1. The molecule has 1 aromatic carbocycles. The van der Waals surface area contributed by atoms with Gasteiger partial charge in [-0.3, -0.25) is 0 Å². The van der Waals surface area contributed by atoms with E-state index in [2.05, 4.69) is 10.5 Å². The molecule has 6 nitrogen and oxygen atoms in total. The number of nitrogens with zero attached hydrogens (tertiary/aromatic N) is 2. The number of nitrogens with one attached hydrogen (secondary N) is 1. The molecule has 2 aromatic rings. The molecule has 1 N–H and O–H groups in total. The summed E-state index contributed by atoms with van der Waals surface area (Å²) >= 11 is 0. The van der Waals surface area contributed by atoms with E-state index in [9.17, 15) is 8.42 Å². The number of piperazine rings is 1. The van der Waals surface area contributed by atoms with Gasteiger partial charge in [0.25, 0.3) is 0 Å². The molecule has 1 saturated heterocycles. The standard InChI is InChI=1S/C12H15N3O3S.ClH/c16-19(17,15-7-5-13-6-8-15)9-11-10-3-1-2-4-12(10)18-14-11;/h1-4,13H,5-9H2;1H. The summed E-state index contributed by atoms with van der Waals surface area (Å²) in [4.78, 5) is 0. The zero-order valence-corrected chi connectivity index (χ0v) is 12.4. The molecule has 0 atom stereocenters. The van der Waals surface area contributed by atoms with Crippen molar-refractivity contribution < 1.29 is 12.9 Å². The summed E-state index contributed by atoms with van der Waals surface area (Å²) in [6.07, 6.45) is 0. The number of hydrogen-bond acceptors (Lipinski definition) is 5. The molecule has 20 heavy (non-hydrogen) atoms. The van der Waals surface area contributed by atoms with E-state index in [-0.39, 0.29) is 18.2 Å². The third-order valence-electron chi connectivity index (χ3n) is 3.24. The van der Waals surface area contributed by atoms with Crippen LogP contribution in [-0.4, -0.2) is 44.1 Å². The number of rotatable bonds is 3. The molecule has 2 heterocycles. The van der Waals surface area contributed by atoms with Crippen LogP contribution in [0.5, 0.6) is 0 Å². The summed E-state index contributed by atoms with van der Waals surface area (Å²) in [5.41, 5.74) is 1.10. The summed E-state index contributed by atoms with van der Waals surface area (Å²) in [5, 5.41) is 7.78. The van der Waals surface area contributed by atoms with Crippen LogP contribution in [0.3, 0.4) is 0 Å². The van der Waals surface area contributed by atoms with Crippen LogP contribution in [0.25, 0.3) is 11.0 Å². The molecule has 1 aliphatic rings. The van der Waals surface area contributed by atoms with Crippen molar-refractivity contribution in [2.45, 2.75) is 5.75 Å². The highest BCUT2D eigenvalue weighted by Gasteiger charge is 2.26. The number of sulfonamides is 1. The zero-order valence-electron chi connectivity index (χ0n) is 10.8. The Morgan fingerprint density at radius 3 is 2.70 bits per heavy atom. The highest BCUT2D eigenvalue weighted by atomic mass is 35.5. The minimum atomic E-state index is -3.33. The molecule has 0 unspecified atom stereocenters. The van der Waals surface area contributed by atoms with Gasteiger partial charge in [-0.1, -0.05) is 17.3 Å². The van der Waals surface area contributed by atoms with Crippen molar-refractivity contribution in [2.75, 3.05) is 26.2 Å². The molecule has 0 saturated carbocycles. The molecule has 0 amide bonds. The van der Waals surface area contributed by atoms with Crippen LogP contribution in [0, 0.1) is 0 Å². The van der Waals surface area contributed by atoms with E-state index in [1.807, 2.05) is 18.2 Å². The lowest BCUT2D eigenvalue weighted by Crippen LogP contribution is -2.46. The van der Waals surface area contributed by atoms with E-state index in [4.69, 9.17) is 4.52 Å². The van der Waals surface area contributed by atoms with Crippen LogP contribution in [0.1, 0.15) is 5.69 Å². The van der Waals surface area contributed by atoms with Crippen LogP contribution >= 0.6 is 12.4 Å². The molecule has 8 heteroatoms. The molecular formula is C12H16ClN3O3S. The number of aromatic nitrogens is 1. The normalized spacial score (nSPS) is 17.0. The Bertz CT molecular complexity index is 680. The molecule has 0 aliphatic carbocycles. The first-order valence-electron chi connectivity index (χ1n) is 6.19. The Morgan fingerprint density at radius 2 is 1.95 bits per heavy atom. The average molecular weight is 318 g/mol. The van der Waals surface area contributed by atoms with Crippen molar-refractivity contribution in [3.8, 4) is 0 Å². The Hall–Kier alpha value is -1.15. The fraction of sp³-hybridized carbons (Fsp3) is 0.417. The lowest BCUT2D eigenvalue weighted by Gasteiger charge is -2.26. The van der Waals surface area contributed by atoms with E-state index < -0.39 is 10.0 Å². The van der Waals surface area contributed by atoms with Gasteiger partial charge >= 0.3 is 0 Å². The monoisotopic (exact) mass is 317 g/mol. The summed E-state index contributed by atoms with van der Waals surface area (Å²) < 4.78 is 31.3. The summed E-state index contributed by atoms with van der Waals surface area (Å²) in [6, 6.07) is 7.29. The Kier molecular flexibility index (Phi) is 4.64. The molecule has 110 valence electrons. The second kappa shape index (κ2) is 6.09. The molecule has 1 aliphatic heterocycles. The number of fused-ring (bicyclic) bond motifs is 1. The first kappa shape index (κ1) is 15.2. The topological polar surface area (TPSA) is 75.4 Å². The summed E-state index contributed by atoms with van der Waals surface area (Å²) in [5.74, 6) is -0.107. The van der Waals surface area contributed by atoms with Gasteiger partial charge in [0.1, 0.15) is 11.4 Å². The summed E-state index contributed by atoms with van der Waals surface area (Å²) in [6.45, 7) is 2.41. The average Bonchev–Trinajstić information content (AvgIpc) is 2.83. The second-order valence-corrected chi connectivity index (χ2v) is 6.50. The fourth-order valence-electron chi connectivity index (χ4n) is 2.23. The quantitative estimate of drug-likeness (QED) is 0.913. The van der Waals surface area contributed by atoms with E-state index in [1.54, 1.807) is 6.07 Å². The van der Waals surface area contributed by atoms with E-state index in [0.29, 0.717) is 37.5 Å². The molecule has 0 spiro atoms. The Balaban J connectivity index is 0.00000147. The molecule has 3 rings (SSSR count). The predicted octanol–water partition coefficient (Wildman–Crippen LogP) is 0.985. The van der Waals surface area contributed by atoms with Crippen LogP contribution in [-0.2, 0) is 15.8 Å². The van der Waals surface area contributed by atoms with Gasteiger partial charge in [-0.2, -0.15) is 4.31 Å². The van der Waals surface area contributed by atoms with Gasteiger partial charge in [0.15, 0.2) is 5.58 Å². The minimum Gasteiger partial charge on any atom is -0.356 e. The van der Waals surface area contributed by atoms with Gasteiger partial charge in [0.2, 0.25) is 10.0 Å². The highest BCUT2D eigenvalue weighted by Crippen LogP contribution is 2.21. The lowest BCUT2D eigenvalue weighted by atomic mass is 10.2.